The van der Waals surface area contributed by atoms with Crippen molar-refractivity contribution in [2.45, 2.75) is 46.3 Å². The van der Waals surface area contributed by atoms with Gasteiger partial charge in [0.2, 0.25) is 0 Å². The maximum atomic E-state index is 5.61. The van der Waals surface area contributed by atoms with Crippen LogP contribution in [-0.2, 0) is 4.74 Å². The summed E-state index contributed by atoms with van der Waals surface area (Å²) in [7, 11) is 0. The fourth-order valence-electron chi connectivity index (χ4n) is 1.20. The van der Waals surface area contributed by atoms with Gasteiger partial charge >= 0.3 is 0 Å². The Morgan fingerprint density at radius 2 is 1.91 bits per heavy atom. The number of nitrogens with one attached hydrogen (secondary N) is 1. The molecule has 1 saturated heterocycles. The van der Waals surface area contributed by atoms with E-state index in [0.717, 1.165) is 13.1 Å². The zero-order chi connectivity index (χ0) is 8.91. The Labute approximate surface area is 70.3 Å². The van der Waals surface area contributed by atoms with Crippen molar-refractivity contribution in [2.75, 3.05) is 13.1 Å². The molecule has 0 saturated carbocycles. The summed E-state index contributed by atoms with van der Waals surface area (Å²) in [5, 5.41) is 3.30. The van der Waals surface area contributed by atoms with Crippen molar-refractivity contribution in [3.05, 3.63) is 0 Å². The van der Waals surface area contributed by atoms with Crippen molar-refractivity contribution in [3.63, 3.8) is 0 Å². The summed E-state index contributed by atoms with van der Waals surface area (Å²) < 4.78 is 5.61. The van der Waals surface area contributed by atoms with E-state index < -0.39 is 0 Å². The molecule has 1 aliphatic rings. The molecular weight excluding hydrogens is 138 g/mol. The van der Waals surface area contributed by atoms with Gasteiger partial charge in [0, 0.05) is 13.1 Å². The molecule has 0 amide bonds. The average molecular weight is 159 g/mol. The average Bonchev–Trinajstić information content (AvgIpc) is 1.89. The first kappa shape index (κ1) is 10.9. The van der Waals surface area contributed by atoms with Gasteiger partial charge in [-0.15, -0.1) is 0 Å². The van der Waals surface area contributed by atoms with Crippen LogP contribution in [0.5, 0.6) is 0 Å². The smallest absolute Gasteiger partial charge is 0.0754 e. The minimum atomic E-state index is 0.0394. The van der Waals surface area contributed by atoms with Crippen molar-refractivity contribution in [1.82, 2.24) is 5.32 Å². The Bertz CT molecular complexity index is 102. The van der Waals surface area contributed by atoms with E-state index >= 15 is 0 Å². The normalized spacial score (nSPS) is 28.6. The minimum absolute atomic E-state index is 0.0394. The molecule has 0 bridgehead atoms. The van der Waals surface area contributed by atoms with Gasteiger partial charge in [-0.3, -0.25) is 0 Å². The summed E-state index contributed by atoms with van der Waals surface area (Å²) in [5.41, 5.74) is 0.0394. The second kappa shape index (κ2) is 4.73. The molecule has 0 aromatic heterocycles. The number of ether oxygens (including phenoxy) is 1. The molecule has 1 rings (SSSR count). The lowest BCUT2D eigenvalue weighted by Crippen LogP contribution is -2.49. The molecule has 1 aliphatic heterocycles. The van der Waals surface area contributed by atoms with Gasteiger partial charge in [-0.05, 0) is 20.8 Å². The van der Waals surface area contributed by atoms with Gasteiger partial charge in [0.15, 0.2) is 0 Å². The molecule has 0 radical (unpaired) electrons. The summed E-state index contributed by atoms with van der Waals surface area (Å²) in [6, 6.07) is 0. The summed E-state index contributed by atoms with van der Waals surface area (Å²) >= 11 is 0. The molecule has 2 heteroatoms. The van der Waals surface area contributed by atoms with Crippen LogP contribution in [0.1, 0.15) is 34.6 Å². The second-order valence-corrected chi connectivity index (χ2v) is 3.32. The van der Waals surface area contributed by atoms with E-state index in [-0.39, 0.29) is 5.60 Å². The largest absolute Gasteiger partial charge is 0.370 e. The highest BCUT2D eigenvalue weighted by Gasteiger charge is 2.25. The molecule has 1 N–H and O–H groups in total. The molecule has 2 nitrogen and oxygen atoms in total. The highest BCUT2D eigenvalue weighted by atomic mass is 16.5. The van der Waals surface area contributed by atoms with E-state index in [2.05, 4.69) is 26.1 Å². The Balaban J connectivity index is 0.000000461. The minimum Gasteiger partial charge on any atom is -0.370 e. The van der Waals surface area contributed by atoms with Crippen LogP contribution in [0, 0.1) is 0 Å². The van der Waals surface area contributed by atoms with E-state index in [4.69, 9.17) is 4.74 Å². The summed E-state index contributed by atoms with van der Waals surface area (Å²) in [6.07, 6.45) is 0.369. The van der Waals surface area contributed by atoms with Gasteiger partial charge in [0.25, 0.3) is 0 Å². The molecule has 1 heterocycles. The van der Waals surface area contributed by atoms with E-state index in [1.807, 2.05) is 13.8 Å². The molecule has 0 spiro atoms. The molecule has 0 unspecified atom stereocenters. The zero-order valence-corrected chi connectivity index (χ0v) is 8.40. The van der Waals surface area contributed by atoms with Gasteiger partial charge in [0.05, 0.1) is 11.7 Å². The molecule has 1 fully saturated rings. The van der Waals surface area contributed by atoms with Crippen molar-refractivity contribution in [3.8, 4) is 0 Å². The third-order valence-electron chi connectivity index (χ3n) is 1.50. The highest BCUT2D eigenvalue weighted by molar-refractivity contribution is 4.78. The SMILES string of the molecule is CC.C[C@@H]1CNCC(C)(C)O1. The molecule has 0 aliphatic carbocycles. The van der Waals surface area contributed by atoms with Gasteiger partial charge in [-0.25, -0.2) is 0 Å². The predicted molar refractivity (Wildman–Crippen MR) is 48.8 cm³/mol. The fraction of sp³-hybridized carbons (Fsp3) is 1.00. The van der Waals surface area contributed by atoms with Crippen LogP contribution in [0.15, 0.2) is 0 Å². The standard InChI is InChI=1S/C7H15NO.C2H6/c1-6-4-8-5-7(2,3)9-6;1-2/h6,8H,4-5H2,1-3H3;1-2H3/t6-;/m1./s1. The number of rotatable bonds is 0. The summed E-state index contributed by atoms with van der Waals surface area (Å²) in [5.74, 6) is 0. The van der Waals surface area contributed by atoms with Gasteiger partial charge in [-0.2, -0.15) is 0 Å². The maximum Gasteiger partial charge on any atom is 0.0754 e. The predicted octanol–water partition coefficient (Wildman–Crippen LogP) is 1.80. The third-order valence-corrected chi connectivity index (χ3v) is 1.50. The Morgan fingerprint density at radius 3 is 2.18 bits per heavy atom. The summed E-state index contributed by atoms with van der Waals surface area (Å²) in [4.78, 5) is 0. The van der Waals surface area contributed by atoms with Crippen LogP contribution in [0.4, 0.5) is 0 Å². The molecule has 0 aromatic carbocycles. The monoisotopic (exact) mass is 159 g/mol. The second-order valence-electron chi connectivity index (χ2n) is 3.32. The van der Waals surface area contributed by atoms with Crippen molar-refractivity contribution < 1.29 is 4.74 Å². The van der Waals surface area contributed by atoms with Crippen LogP contribution in [0.25, 0.3) is 0 Å². The van der Waals surface area contributed by atoms with E-state index in [1.54, 1.807) is 0 Å². The van der Waals surface area contributed by atoms with Gasteiger partial charge in [-0.1, -0.05) is 13.8 Å². The topological polar surface area (TPSA) is 21.3 Å². The molecule has 68 valence electrons. The van der Waals surface area contributed by atoms with Crippen molar-refractivity contribution in [2.24, 2.45) is 0 Å². The highest BCUT2D eigenvalue weighted by Crippen LogP contribution is 2.13. The molecular formula is C9H21NO. The number of hydrogen-bond donors (Lipinski definition) is 1. The van der Waals surface area contributed by atoms with Gasteiger partial charge < -0.3 is 10.1 Å². The first-order valence-electron chi connectivity index (χ1n) is 4.49. The van der Waals surface area contributed by atoms with Crippen molar-refractivity contribution >= 4 is 0 Å². The molecule has 11 heavy (non-hydrogen) atoms. The lowest BCUT2D eigenvalue weighted by Gasteiger charge is -2.34. The van der Waals surface area contributed by atoms with Crippen LogP contribution < -0.4 is 5.32 Å². The Kier molecular flexibility index (Phi) is 4.69. The fourth-order valence-corrected chi connectivity index (χ4v) is 1.20. The number of morpholine rings is 1. The van der Waals surface area contributed by atoms with Crippen molar-refractivity contribution in [1.29, 1.82) is 0 Å². The molecule has 1 atom stereocenters. The number of hydrogen-bond acceptors (Lipinski definition) is 2. The first-order chi connectivity index (χ1) is 5.10. The van der Waals surface area contributed by atoms with Crippen LogP contribution in [-0.4, -0.2) is 24.8 Å². The van der Waals surface area contributed by atoms with E-state index in [1.165, 1.54) is 0 Å². The van der Waals surface area contributed by atoms with Crippen LogP contribution >= 0.6 is 0 Å². The quantitative estimate of drug-likeness (QED) is 0.582. The Hall–Kier alpha value is -0.0800. The lowest BCUT2D eigenvalue weighted by molar-refractivity contribution is -0.0853. The summed E-state index contributed by atoms with van der Waals surface area (Å²) in [6.45, 7) is 12.3. The van der Waals surface area contributed by atoms with E-state index in [9.17, 15) is 0 Å². The maximum absolute atomic E-state index is 5.61. The molecule has 0 aromatic rings. The first-order valence-corrected chi connectivity index (χ1v) is 4.49. The Morgan fingerprint density at radius 1 is 1.36 bits per heavy atom. The van der Waals surface area contributed by atoms with E-state index in [0.29, 0.717) is 6.10 Å². The zero-order valence-electron chi connectivity index (χ0n) is 8.40. The van der Waals surface area contributed by atoms with Crippen LogP contribution in [0.2, 0.25) is 0 Å². The van der Waals surface area contributed by atoms with Gasteiger partial charge in [0.1, 0.15) is 0 Å². The lowest BCUT2D eigenvalue weighted by atomic mass is 10.1. The van der Waals surface area contributed by atoms with Crippen LogP contribution in [0.3, 0.4) is 0 Å². The third kappa shape index (κ3) is 4.38.